The number of anilines is 1. The van der Waals surface area contributed by atoms with Gasteiger partial charge in [-0.2, -0.15) is 0 Å². The van der Waals surface area contributed by atoms with Gasteiger partial charge in [0.25, 0.3) is 0 Å². The quantitative estimate of drug-likeness (QED) is 0.722. The molecule has 7 nitrogen and oxygen atoms in total. The number of carbonyl (C=O) groups is 1. The molecule has 1 aliphatic rings. The van der Waals surface area contributed by atoms with Crippen molar-refractivity contribution < 1.29 is 13.7 Å². The van der Waals surface area contributed by atoms with Gasteiger partial charge in [-0.25, -0.2) is 9.18 Å². The van der Waals surface area contributed by atoms with Crippen LogP contribution in [-0.2, 0) is 6.42 Å². The highest BCUT2D eigenvalue weighted by Crippen LogP contribution is 2.25. The second kappa shape index (κ2) is 7.98. The number of amides is 2. The highest BCUT2D eigenvalue weighted by molar-refractivity contribution is 5.89. The van der Waals surface area contributed by atoms with E-state index in [0.717, 1.165) is 41.2 Å². The summed E-state index contributed by atoms with van der Waals surface area (Å²) in [5, 5.41) is 6.76. The van der Waals surface area contributed by atoms with Gasteiger partial charge in [0.2, 0.25) is 0 Å². The first-order chi connectivity index (χ1) is 14.0. The van der Waals surface area contributed by atoms with E-state index in [0.29, 0.717) is 24.7 Å². The number of carbonyl (C=O) groups excluding carboxylic acids is 1. The predicted molar refractivity (Wildman–Crippen MR) is 106 cm³/mol. The molecular formula is C21H22FN5O2. The summed E-state index contributed by atoms with van der Waals surface area (Å²) in [5.41, 5.74) is 3.90. The van der Waals surface area contributed by atoms with Gasteiger partial charge in [-0.05, 0) is 56.9 Å². The monoisotopic (exact) mass is 395 g/mol. The number of nitrogens with one attached hydrogen (secondary N) is 1. The average Bonchev–Trinajstić information content (AvgIpc) is 3.31. The number of urea groups is 1. The third-order valence-electron chi connectivity index (χ3n) is 5.16. The van der Waals surface area contributed by atoms with E-state index < -0.39 is 0 Å². The van der Waals surface area contributed by atoms with Crippen LogP contribution in [0.25, 0.3) is 11.3 Å². The number of likely N-dealkylation sites (tertiary alicyclic amines) is 1. The number of halogens is 1. The van der Waals surface area contributed by atoms with Crippen LogP contribution < -0.4 is 5.32 Å². The van der Waals surface area contributed by atoms with Crippen molar-refractivity contribution in [1.82, 2.24) is 20.0 Å². The Kier molecular flexibility index (Phi) is 5.24. The fourth-order valence-corrected chi connectivity index (χ4v) is 3.65. The Hall–Kier alpha value is -3.29. The average molecular weight is 395 g/mol. The molecule has 150 valence electrons. The summed E-state index contributed by atoms with van der Waals surface area (Å²) in [6, 6.07) is 5.59. The van der Waals surface area contributed by atoms with Gasteiger partial charge in [0, 0.05) is 25.0 Å². The molecule has 1 aromatic carbocycles. The molecule has 8 heteroatoms. The molecule has 1 saturated heterocycles. The van der Waals surface area contributed by atoms with Crippen molar-refractivity contribution in [3.8, 4) is 11.3 Å². The SMILES string of the molecule is Cc1noc(C)c1-c1cnc(C[C@@H]2CCN(C(=O)Nc3ccc(F)cc3)C2)cn1. The molecule has 0 spiro atoms. The smallest absolute Gasteiger partial charge is 0.321 e. The molecule has 3 aromatic rings. The zero-order chi connectivity index (χ0) is 20.4. The third-order valence-corrected chi connectivity index (χ3v) is 5.16. The van der Waals surface area contributed by atoms with Gasteiger partial charge in [-0.1, -0.05) is 5.16 Å². The fourth-order valence-electron chi connectivity index (χ4n) is 3.65. The molecule has 0 unspecified atom stereocenters. The van der Waals surface area contributed by atoms with Crippen molar-refractivity contribution in [2.75, 3.05) is 18.4 Å². The summed E-state index contributed by atoms with van der Waals surface area (Å²) in [5.74, 6) is 0.724. The first kappa shape index (κ1) is 19.0. The lowest BCUT2D eigenvalue weighted by Gasteiger charge is -2.17. The van der Waals surface area contributed by atoms with Gasteiger partial charge in [0.15, 0.2) is 0 Å². The van der Waals surface area contributed by atoms with Crippen molar-refractivity contribution in [2.24, 2.45) is 5.92 Å². The number of aryl methyl sites for hydroxylation is 2. The first-order valence-corrected chi connectivity index (χ1v) is 9.55. The number of rotatable bonds is 4. The Morgan fingerprint density at radius 1 is 1.24 bits per heavy atom. The Balaban J connectivity index is 1.34. The minimum Gasteiger partial charge on any atom is -0.361 e. The zero-order valence-electron chi connectivity index (χ0n) is 16.4. The number of aromatic nitrogens is 3. The Bertz CT molecular complexity index is 981. The summed E-state index contributed by atoms with van der Waals surface area (Å²) in [4.78, 5) is 23.2. The van der Waals surface area contributed by atoms with Crippen molar-refractivity contribution in [2.45, 2.75) is 26.7 Å². The van der Waals surface area contributed by atoms with Gasteiger partial charge < -0.3 is 14.7 Å². The Morgan fingerprint density at radius 3 is 2.69 bits per heavy atom. The van der Waals surface area contributed by atoms with Crippen LogP contribution in [0.1, 0.15) is 23.6 Å². The van der Waals surface area contributed by atoms with Gasteiger partial charge >= 0.3 is 6.03 Å². The maximum atomic E-state index is 13.0. The summed E-state index contributed by atoms with van der Waals surface area (Å²) < 4.78 is 18.2. The molecule has 0 bridgehead atoms. The topological polar surface area (TPSA) is 84.2 Å². The van der Waals surface area contributed by atoms with Crippen LogP contribution in [-0.4, -0.2) is 39.1 Å². The molecule has 1 atom stereocenters. The molecule has 4 rings (SSSR count). The molecule has 3 heterocycles. The summed E-state index contributed by atoms with van der Waals surface area (Å²) in [6.07, 6.45) is 5.19. The van der Waals surface area contributed by atoms with Gasteiger partial charge in [0.05, 0.1) is 28.8 Å². The number of nitrogens with zero attached hydrogens (tertiary/aromatic N) is 4. The predicted octanol–water partition coefficient (Wildman–Crippen LogP) is 3.98. The standard InChI is InChI=1S/C21H22FN5O2/c1-13-20(14(2)29-26-13)19-11-23-18(10-24-19)9-15-7-8-27(12-15)21(28)25-17-5-3-16(22)4-6-17/h3-6,10-11,15H,7-9,12H2,1-2H3,(H,25,28)/t15-/m0/s1. The van der Waals surface area contributed by atoms with Crippen LogP contribution in [0, 0.1) is 25.6 Å². The van der Waals surface area contributed by atoms with Crippen LogP contribution in [0.15, 0.2) is 41.2 Å². The van der Waals surface area contributed by atoms with Crippen molar-refractivity contribution >= 4 is 11.7 Å². The minimum atomic E-state index is -0.328. The Morgan fingerprint density at radius 2 is 2.03 bits per heavy atom. The van der Waals surface area contributed by atoms with Crippen molar-refractivity contribution in [3.63, 3.8) is 0 Å². The van der Waals surface area contributed by atoms with E-state index in [2.05, 4.69) is 20.4 Å². The summed E-state index contributed by atoms with van der Waals surface area (Å²) in [7, 11) is 0. The maximum Gasteiger partial charge on any atom is 0.321 e. The molecule has 0 aliphatic carbocycles. The van der Waals surface area contributed by atoms with E-state index in [1.165, 1.54) is 12.1 Å². The van der Waals surface area contributed by atoms with Crippen LogP contribution in [0.2, 0.25) is 0 Å². The molecule has 2 amide bonds. The van der Waals surface area contributed by atoms with E-state index in [-0.39, 0.29) is 11.8 Å². The lowest BCUT2D eigenvalue weighted by molar-refractivity contribution is 0.220. The van der Waals surface area contributed by atoms with Crippen molar-refractivity contribution in [3.05, 3.63) is 59.6 Å². The van der Waals surface area contributed by atoms with Gasteiger partial charge in [0.1, 0.15) is 11.6 Å². The molecule has 0 radical (unpaired) electrons. The molecular weight excluding hydrogens is 373 g/mol. The lowest BCUT2D eigenvalue weighted by atomic mass is 10.0. The molecule has 1 aliphatic heterocycles. The second-order valence-corrected chi connectivity index (χ2v) is 7.33. The van der Waals surface area contributed by atoms with Gasteiger partial charge in [-0.3, -0.25) is 9.97 Å². The Labute approximate surface area is 168 Å². The molecule has 1 N–H and O–H groups in total. The van der Waals surface area contributed by atoms with Crippen LogP contribution in [0.3, 0.4) is 0 Å². The lowest BCUT2D eigenvalue weighted by Crippen LogP contribution is -2.33. The number of benzene rings is 1. The van der Waals surface area contributed by atoms with Crippen LogP contribution in [0.4, 0.5) is 14.9 Å². The second-order valence-electron chi connectivity index (χ2n) is 7.33. The summed E-state index contributed by atoms with van der Waals surface area (Å²) in [6.45, 7) is 5.07. The van der Waals surface area contributed by atoms with E-state index in [4.69, 9.17) is 4.52 Å². The third kappa shape index (κ3) is 4.26. The van der Waals surface area contributed by atoms with Gasteiger partial charge in [-0.15, -0.1) is 0 Å². The molecule has 2 aromatic heterocycles. The fraction of sp³-hybridized carbons (Fsp3) is 0.333. The maximum absolute atomic E-state index is 13.0. The van der Waals surface area contributed by atoms with E-state index in [9.17, 15) is 9.18 Å². The normalized spacial score (nSPS) is 16.2. The zero-order valence-corrected chi connectivity index (χ0v) is 16.4. The number of hydrogen-bond acceptors (Lipinski definition) is 5. The molecule has 0 saturated carbocycles. The minimum absolute atomic E-state index is 0.168. The van der Waals surface area contributed by atoms with E-state index >= 15 is 0 Å². The largest absolute Gasteiger partial charge is 0.361 e. The highest BCUT2D eigenvalue weighted by atomic mass is 19.1. The van der Waals surface area contributed by atoms with E-state index in [1.807, 2.05) is 13.8 Å². The van der Waals surface area contributed by atoms with Crippen LogP contribution >= 0.6 is 0 Å². The highest BCUT2D eigenvalue weighted by Gasteiger charge is 2.27. The van der Waals surface area contributed by atoms with Crippen molar-refractivity contribution in [1.29, 1.82) is 0 Å². The summed E-state index contributed by atoms with van der Waals surface area (Å²) >= 11 is 0. The number of hydrogen-bond donors (Lipinski definition) is 1. The first-order valence-electron chi connectivity index (χ1n) is 9.55. The van der Waals surface area contributed by atoms with Crippen LogP contribution in [0.5, 0.6) is 0 Å². The molecule has 1 fully saturated rings. The molecule has 29 heavy (non-hydrogen) atoms. The van der Waals surface area contributed by atoms with E-state index in [1.54, 1.807) is 29.4 Å².